The van der Waals surface area contributed by atoms with Gasteiger partial charge in [-0.3, -0.25) is 14.6 Å². The van der Waals surface area contributed by atoms with Crippen molar-refractivity contribution < 1.29 is 18.4 Å². The number of alkyl halides is 2. The van der Waals surface area contributed by atoms with Crippen molar-refractivity contribution >= 4 is 18.0 Å². The van der Waals surface area contributed by atoms with Crippen LogP contribution in [0.3, 0.4) is 0 Å². The lowest BCUT2D eigenvalue weighted by molar-refractivity contribution is -0.133. The number of aliphatic imine (C=N–C) groups is 1. The first-order valence-corrected chi connectivity index (χ1v) is 6.66. The lowest BCUT2D eigenvalue weighted by Gasteiger charge is -2.19. The molecule has 1 fully saturated rings. The van der Waals surface area contributed by atoms with Gasteiger partial charge in [-0.1, -0.05) is 6.08 Å². The van der Waals surface area contributed by atoms with E-state index in [1.165, 1.54) is 12.3 Å². The van der Waals surface area contributed by atoms with Crippen LogP contribution in [0.4, 0.5) is 8.78 Å². The predicted molar refractivity (Wildman–Crippen MR) is 74.0 cm³/mol. The van der Waals surface area contributed by atoms with E-state index < -0.39 is 43.3 Å². The first kappa shape index (κ1) is 15.8. The van der Waals surface area contributed by atoms with E-state index in [4.69, 9.17) is 5.26 Å². The number of nitriles is 1. The van der Waals surface area contributed by atoms with Crippen molar-refractivity contribution in [3.05, 3.63) is 23.9 Å². The molecule has 1 atom stereocenters. The third-order valence-corrected chi connectivity index (χ3v) is 3.29. The Balaban J connectivity index is 1.91. The summed E-state index contributed by atoms with van der Waals surface area (Å²) >= 11 is 0. The lowest BCUT2D eigenvalue weighted by atomic mass is 10.2. The number of amides is 2. The molecular weight excluding hydrogens is 294 g/mol. The van der Waals surface area contributed by atoms with Gasteiger partial charge in [0.1, 0.15) is 6.04 Å². The van der Waals surface area contributed by atoms with E-state index in [1.54, 1.807) is 18.4 Å². The number of hydrogen-bond donors (Lipinski definition) is 1. The lowest BCUT2D eigenvalue weighted by Crippen LogP contribution is -2.43. The van der Waals surface area contributed by atoms with Crippen LogP contribution in [0.1, 0.15) is 12.8 Å². The van der Waals surface area contributed by atoms with Crippen molar-refractivity contribution in [2.45, 2.75) is 24.8 Å². The molecule has 0 radical (unpaired) electrons. The second-order valence-corrected chi connectivity index (χ2v) is 4.95. The smallest absolute Gasteiger partial charge is 0.268 e. The third-order valence-electron chi connectivity index (χ3n) is 3.29. The molecule has 0 aromatic rings. The van der Waals surface area contributed by atoms with Gasteiger partial charge in [0, 0.05) is 30.8 Å². The summed E-state index contributed by atoms with van der Waals surface area (Å²) < 4.78 is 26.5. The number of carbonyl (C=O) groups is 2. The van der Waals surface area contributed by atoms with Gasteiger partial charge < -0.3 is 10.2 Å². The maximum Gasteiger partial charge on any atom is 0.268 e. The summed E-state index contributed by atoms with van der Waals surface area (Å²) in [6, 6.07) is 0.521. The number of carbonyl (C=O) groups excluding carboxylic acids is 2. The van der Waals surface area contributed by atoms with E-state index in [0.29, 0.717) is 12.0 Å². The van der Waals surface area contributed by atoms with E-state index in [9.17, 15) is 18.4 Å². The Labute approximate surface area is 125 Å². The predicted octanol–water partition coefficient (Wildman–Crippen LogP) is 0.777. The summed E-state index contributed by atoms with van der Waals surface area (Å²) in [4.78, 5) is 28.5. The van der Waals surface area contributed by atoms with Crippen LogP contribution in [-0.2, 0) is 9.59 Å². The SMILES string of the molecule is N#C[C@@H]1CC(F)(F)CN1C(=O)CNC(=O)C1=CCC=NC=C1. The number of nitrogens with one attached hydrogen (secondary N) is 1. The zero-order valence-electron chi connectivity index (χ0n) is 11.6. The highest BCUT2D eigenvalue weighted by Gasteiger charge is 2.47. The molecule has 2 aliphatic rings. The van der Waals surface area contributed by atoms with Crippen LogP contribution in [0.15, 0.2) is 28.9 Å². The number of nitrogens with zero attached hydrogens (tertiary/aromatic N) is 3. The minimum absolute atomic E-state index is 0.342. The molecule has 0 bridgehead atoms. The van der Waals surface area contributed by atoms with Gasteiger partial charge in [-0.25, -0.2) is 8.78 Å². The zero-order valence-corrected chi connectivity index (χ0v) is 11.6. The van der Waals surface area contributed by atoms with Gasteiger partial charge in [-0.15, -0.1) is 0 Å². The number of allylic oxidation sites excluding steroid dienone is 1. The fourth-order valence-corrected chi connectivity index (χ4v) is 2.22. The van der Waals surface area contributed by atoms with Crippen LogP contribution in [0.5, 0.6) is 0 Å². The third kappa shape index (κ3) is 3.75. The van der Waals surface area contributed by atoms with Gasteiger partial charge in [0.25, 0.3) is 11.8 Å². The van der Waals surface area contributed by atoms with Gasteiger partial charge >= 0.3 is 0 Å². The molecule has 2 rings (SSSR count). The zero-order chi connectivity index (χ0) is 16.2. The van der Waals surface area contributed by atoms with E-state index in [2.05, 4.69) is 10.3 Å². The molecule has 0 spiro atoms. The summed E-state index contributed by atoms with van der Waals surface area (Å²) in [6.07, 6.45) is 6.01. The highest BCUT2D eigenvalue weighted by atomic mass is 19.3. The molecule has 6 nitrogen and oxygen atoms in total. The van der Waals surface area contributed by atoms with Crippen LogP contribution in [0, 0.1) is 11.3 Å². The van der Waals surface area contributed by atoms with Crippen molar-refractivity contribution in [1.82, 2.24) is 10.2 Å². The van der Waals surface area contributed by atoms with E-state index in [0.717, 1.165) is 4.90 Å². The normalized spacial score (nSPS) is 22.7. The summed E-state index contributed by atoms with van der Waals surface area (Å²) in [5.74, 6) is -4.26. The Hall–Kier alpha value is -2.56. The fraction of sp³-hybridized carbons (Fsp3) is 0.429. The highest BCUT2D eigenvalue weighted by Crippen LogP contribution is 2.31. The molecular formula is C14H14F2N4O2. The van der Waals surface area contributed by atoms with Crippen LogP contribution < -0.4 is 5.32 Å². The maximum absolute atomic E-state index is 13.3. The van der Waals surface area contributed by atoms with Crippen LogP contribution in [0.2, 0.25) is 0 Å². The molecule has 0 aromatic carbocycles. The fourth-order valence-electron chi connectivity index (χ4n) is 2.22. The molecule has 0 saturated carbocycles. The molecule has 22 heavy (non-hydrogen) atoms. The standard InChI is InChI=1S/C14H14F2N4O2/c15-14(16)6-11(7-17)20(9-14)12(21)8-19-13(22)10-2-1-4-18-5-3-10/h2-5,11H,1,6,8-9H2,(H,19,22)/t11-/m0/s1. The molecule has 2 heterocycles. The van der Waals surface area contributed by atoms with Crippen LogP contribution in [0.25, 0.3) is 0 Å². The Morgan fingerprint density at radius 3 is 3.05 bits per heavy atom. The molecule has 1 N–H and O–H groups in total. The van der Waals surface area contributed by atoms with Gasteiger partial charge in [0.2, 0.25) is 5.91 Å². The van der Waals surface area contributed by atoms with Crippen LogP contribution in [-0.4, -0.2) is 48.0 Å². The Bertz CT molecular complexity index is 604. The van der Waals surface area contributed by atoms with Crippen molar-refractivity contribution in [3.8, 4) is 6.07 Å². The first-order chi connectivity index (χ1) is 10.4. The van der Waals surface area contributed by atoms with Crippen molar-refractivity contribution in [3.63, 3.8) is 0 Å². The maximum atomic E-state index is 13.3. The molecule has 8 heteroatoms. The number of rotatable bonds is 3. The minimum atomic E-state index is -3.07. The monoisotopic (exact) mass is 308 g/mol. The topological polar surface area (TPSA) is 85.6 Å². The molecule has 2 aliphatic heterocycles. The quantitative estimate of drug-likeness (QED) is 0.836. The van der Waals surface area contributed by atoms with Gasteiger partial charge in [0.05, 0.1) is 19.2 Å². The van der Waals surface area contributed by atoms with Crippen molar-refractivity contribution in [2.75, 3.05) is 13.1 Å². The number of halogens is 2. The summed E-state index contributed by atoms with van der Waals surface area (Å²) in [7, 11) is 0. The molecule has 1 saturated heterocycles. The van der Waals surface area contributed by atoms with E-state index in [1.807, 2.05) is 0 Å². The Morgan fingerprint density at radius 1 is 1.55 bits per heavy atom. The second-order valence-electron chi connectivity index (χ2n) is 4.95. The molecule has 0 unspecified atom stereocenters. The number of hydrogen-bond acceptors (Lipinski definition) is 4. The van der Waals surface area contributed by atoms with Crippen molar-refractivity contribution in [1.29, 1.82) is 5.26 Å². The second kappa shape index (κ2) is 6.47. The summed E-state index contributed by atoms with van der Waals surface area (Å²) in [6.45, 7) is -1.23. The summed E-state index contributed by atoms with van der Waals surface area (Å²) in [5, 5.41) is 11.2. The highest BCUT2D eigenvalue weighted by molar-refractivity contribution is 5.98. The largest absolute Gasteiger partial charge is 0.343 e. The Kier molecular flexibility index (Phi) is 4.65. The van der Waals surface area contributed by atoms with Crippen molar-refractivity contribution in [2.24, 2.45) is 4.99 Å². The molecule has 0 aliphatic carbocycles. The molecule has 0 aromatic heterocycles. The molecule has 116 valence electrons. The minimum Gasteiger partial charge on any atom is -0.343 e. The average molecular weight is 308 g/mol. The summed E-state index contributed by atoms with van der Waals surface area (Å²) in [5.41, 5.74) is 0.342. The van der Waals surface area contributed by atoms with Gasteiger partial charge in [0.15, 0.2) is 0 Å². The van der Waals surface area contributed by atoms with Gasteiger partial charge in [-0.2, -0.15) is 5.26 Å². The van der Waals surface area contributed by atoms with E-state index >= 15 is 0 Å². The number of likely N-dealkylation sites (tertiary alicyclic amines) is 1. The Morgan fingerprint density at radius 2 is 2.32 bits per heavy atom. The molecule has 2 amide bonds. The van der Waals surface area contributed by atoms with E-state index in [-0.39, 0.29) is 0 Å². The van der Waals surface area contributed by atoms with Crippen LogP contribution >= 0.6 is 0 Å². The first-order valence-electron chi connectivity index (χ1n) is 6.66. The van der Waals surface area contributed by atoms with Gasteiger partial charge in [-0.05, 0) is 6.08 Å². The average Bonchev–Trinajstić information content (AvgIpc) is 2.68.